The molecular formula is C28H31N7+2. The van der Waals surface area contributed by atoms with E-state index in [0.717, 1.165) is 41.4 Å². The molecule has 0 aliphatic heterocycles. The van der Waals surface area contributed by atoms with E-state index in [2.05, 4.69) is 124 Å². The molecule has 7 nitrogen and oxygen atoms in total. The van der Waals surface area contributed by atoms with Gasteiger partial charge in [-0.3, -0.25) is 9.97 Å². The lowest BCUT2D eigenvalue weighted by atomic mass is 10.1. The summed E-state index contributed by atoms with van der Waals surface area (Å²) in [6.45, 7) is 7.92. The van der Waals surface area contributed by atoms with E-state index in [1.54, 1.807) is 0 Å². The smallest absolute Gasteiger partial charge is 0.253 e. The second-order valence-corrected chi connectivity index (χ2v) is 9.18. The average molecular weight is 466 g/mol. The van der Waals surface area contributed by atoms with Gasteiger partial charge in [0.2, 0.25) is 0 Å². The predicted octanol–water partition coefficient (Wildman–Crippen LogP) is 3.48. The van der Waals surface area contributed by atoms with Crippen LogP contribution in [-0.4, -0.2) is 24.1 Å². The Morgan fingerprint density at radius 2 is 1.11 bits per heavy atom. The largest absolute Gasteiger partial charge is 0.255 e. The third-order valence-corrected chi connectivity index (χ3v) is 6.64. The van der Waals surface area contributed by atoms with Crippen molar-refractivity contribution >= 4 is 0 Å². The van der Waals surface area contributed by atoms with Crippen LogP contribution in [0.15, 0.2) is 73.6 Å². The predicted molar refractivity (Wildman–Crippen MR) is 134 cm³/mol. The highest BCUT2D eigenvalue weighted by atomic mass is 15.1. The van der Waals surface area contributed by atoms with E-state index in [9.17, 15) is 0 Å². The normalized spacial score (nSPS) is 11.2. The van der Waals surface area contributed by atoms with Crippen LogP contribution in [0, 0.1) is 20.8 Å². The van der Waals surface area contributed by atoms with Crippen LogP contribution in [0.3, 0.4) is 0 Å². The number of hydrogen-bond acceptors (Lipinski definition) is 3. The first-order chi connectivity index (χ1) is 16.9. The molecule has 5 aromatic rings. The number of rotatable bonds is 6. The van der Waals surface area contributed by atoms with Gasteiger partial charge in [0.05, 0.1) is 36.9 Å². The Labute approximate surface area is 206 Å². The third-order valence-electron chi connectivity index (χ3n) is 6.64. The minimum absolute atomic E-state index is 0.793. The fraction of sp³-hybridized carbons (Fsp3) is 0.250. The van der Waals surface area contributed by atoms with Crippen LogP contribution in [0.2, 0.25) is 0 Å². The van der Waals surface area contributed by atoms with E-state index in [0.29, 0.717) is 0 Å². The van der Waals surface area contributed by atoms with Crippen molar-refractivity contribution in [2.24, 2.45) is 14.1 Å². The average Bonchev–Trinajstić information content (AvgIpc) is 3.34. The summed E-state index contributed by atoms with van der Waals surface area (Å²) in [6, 6.07) is 12.6. The summed E-state index contributed by atoms with van der Waals surface area (Å²) in [4.78, 5) is 14.2. The van der Waals surface area contributed by atoms with Crippen LogP contribution >= 0.6 is 0 Å². The van der Waals surface area contributed by atoms with E-state index in [1.807, 2.05) is 12.4 Å². The maximum absolute atomic E-state index is 4.97. The molecule has 0 unspecified atom stereocenters. The van der Waals surface area contributed by atoms with Crippen molar-refractivity contribution in [1.82, 2.24) is 24.1 Å². The monoisotopic (exact) mass is 465 g/mol. The minimum Gasteiger partial charge on any atom is -0.255 e. The fourth-order valence-corrected chi connectivity index (χ4v) is 4.28. The van der Waals surface area contributed by atoms with E-state index in [4.69, 9.17) is 4.98 Å². The zero-order chi connectivity index (χ0) is 24.5. The summed E-state index contributed by atoms with van der Waals surface area (Å²) >= 11 is 0. The van der Waals surface area contributed by atoms with E-state index in [1.165, 1.54) is 22.8 Å². The van der Waals surface area contributed by atoms with E-state index in [-0.39, 0.29) is 0 Å². The maximum atomic E-state index is 4.97. The molecular weight excluding hydrogens is 434 g/mol. The molecule has 0 saturated carbocycles. The summed E-state index contributed by atoms with van der Waals surface area (Å²) in [5.74, 6) is 2.41. The number of aryl methyl sites for hydroxylation is 3. The van der Waals surface area contributed by atoms with E-state index >= 15 is 0 Å². The molecule has 0 bridgehead atoms. The highest BCUT2D eigenvalue weighted by Gasteiger charge is 2.14. The molecule has 0 fully saturated rings. The molecule has 5 heterocycles. The van der Waals surface area contributed by atoms with Crippen molar-refractivity contribution in [2.45, 2.75) is 33.9 Å². The Kier molecular flexibility index (Phi) is 5.99. The minimum atomic E-state index is 0.793. The van der Waals surface area contributed by atoms with Gasteiger partial charge in [-0.25, -0.2) is 23.3 Å². The summed E-state index contributed by atoms with van der Waals surface area (Å²) in [5, 5.41) is 0. The van der Waals surface area contributed by atoms with Crippen LogP contribution < -0.4 is 9.13 Å². The maximum Gasteiger partial charge on any atom is 0.253 e. The van der Waals surface area contributed by atoms with Gasteiger partial charge in [0.15, 0.2) is 0 Å². The van der Waals surface area contributed by atoms with Gasteiger partial charge in [-0.2, -0.15) is 0 Å². The van der Waals surface area contributed by atoms with Crippen molar-refractivity contribution in [2.75, 3.05) is 0 Å². The quantitative estimate of drug-likeness (QED) is 0.361. The van der Waals surface area contributed by atoms with E-state index < -0.39 is 0 Å². The molecule has 0 aliphatic rings. The fourth-order valence-electron chi connectivity index (χ4n) is 4.28. The van der Waals surface area contributed by atoms with Crippen LogP contribution in [0.4, 0.5) is 0 Å². The molecule has 176 valence electrons. The highest BCUT2D eigenvalue weighted by Crippen LogP contribution is 2.24. The molecule has 0 radical (unpaired) electrons. The molecule has 0 atom stereocenters. The second kappa shape index (κ2) is 9.25. The van der Waals surface area contributed by atoms with Crippen molar-refractivity contribution in [3.8, 4) is 22.8 Å². The van der Waals surface area contributed by atoms with Crippen LogP contribution in [-0.2, 0) is 27.2 Å². The van der Waals surface area contributed by atoms with Crippen molar-refractivity contribution < 1.29 is 9.13 Å². The molecule has 35 heavy (non-hydrogen) atoms. The first kappa shape index (κ1) is 22.7. The lowest BCUT2D eigenvalue weighted by molar-refractivity contribution is -0.677. The lowest BCUT2D eigenvalue weighted by Gasteiger charge is -2.09. The molecule has 0 amide bonds. The SMILES string of the molecule is Cc1cc(-c2cc(Cn3cc[n+](C)c3C)ccn2)nc(-c2cc(Cn3cc[n+](C)c3C)ccn2)c1. The number of pyridine rings is 3. The highest BCUT2D eigenvalue weighted by molar-refractivity contribution is 5.64. The van der Waals surface area contributed by atoms with Crippen LogP contribution in [0.1, 0.15) is 28.3 Å². The molecule has 0 spiro atoms. The van der Waals surface area contributed by atoms with Gasteiger partial charge in [-0.1, -0.05) is 0 Å². The number of aromatic nitrogens is 7. The second-order valence-electron chi connectivity index (χ2n) is 9.18. The summed E-state index contributed by atoms with van der Waals surface area (Å²) in [5.41, 5.74) is 6.96. The summed E-state index contributed by atoms with van der Waals surface area (Å²) in [7, 11) is 4.12. The molecule has 5 rings (SSSR count). The summed E-state index contributed by atoms with van der Waals surface area (Å²) < 4.78 is 8.70. The Morgan fingerprint density at radius 1 is 0.657 bits per heavy atom. The van der Waals surface area contributed by atoms with Crippen molar-refractivity contribution in [1.29, 1.82) is 0 Å². The van der Waals surface area contributed by atoms with Crippen LogP contribution in [0.5, 0.6) is 0 Å². The Morgan fingerprint density at radius 3 is 1.51 bits per heavy atom. The molecule has 0 aliphatic carbocycles. The molecule has 0 aromatic carbocycles. The summed E-state index contributed by atoms with van der Waals surface area (Å²) in [6.07, 6.45) is 12.1. The first-order valence-corrected chi connectivity index (χ1v) is 11.8. The molecule has 0 saturated heterocycles. The Balaban J connectivity index is 1.45. The zero-order valence-electron chi connectivity index (χ0n) is 21.0. The van der Waals surface area contributed by atoms with Gasteiger partial charge >= 0.3 is 0 Å². The van der Waals surface area contributed by atoms with Crippen molar-refractivity contribution in [3.63, 3.8) is 0 Å². The number of imidazole rings is 2. The lowest BCUT2D eigenvalue weighted by Crippen LogP contribution is -2.29. The van der Waals surface area contributed by atoms with Crippen molar-refractivity contribution in [3.05, 3.63) is 102 Å². The van der Waals surface area contributed by atoms with Gasteiger partial charge < -0.3 is 0 Å². The standard InChI is InChI=1S/C28H31N7/c1-20-14-27(25-16-23(6-8-29-25)18-34-12-10-32(4)21(34)2)31-28(15-20)26-17-24(7-9-30-26)19-35-13-11-33(5)22(35)3/h6-17H,18-19H2,1-5H3/q+2. The van der Waals surface area contributed by atoms with Gasteiger partial charge in [-0.15, -0.1) is 0 Å². The molecule has 7 heteroatoms. The molecule has 0 N–H and O–H groups in total. The van der Waals surface area contributed by atoms with Gasteiger partial charge in [0, 0.05) is 26.2 Å². The van der Waals surface area contributed by atoms with Gasteiger partial charge in [0.25, 0.3) is 11.6 Å². The molecule has 5 aromatic heterocycles. The third kappa shape index (κ3) is 4.75. The first-order valence-electron chi connectivity index (χ1n) is 11.8. The Hall–Kier alpha value is -4.13. The van der Waals surface area contributed by atoms with Gasteiger partial charge in [0.1, 0.15) is 37.9 Å². The number of hydrogen-bond donors (Lipinski definition) is 0. The topological polar surface area (TPSA) is 56.3 Å². The number of nitrogens with zero attached hydrogens (tertiary/aromatic N) is 7. The van der Waals surface area contributed by atoms with Gasteiger partial charge in [-0.05, 0) is 60.0 Å². The zero-order valence-corrected chi connectivity index (χ0v) is 21.0. The van der Waals surface area contributed by atoms with Crippen LogP contribution in [0.25, 0.3) is 22.8 Å². The Bertz CT molecular complexity index is 1400.